The normalized spacial score (nSPS) is 15.9. The average molecular weight is 632 g/mol. The fraction of sp³-hybridized carbons (Fsp3) is 0.312. The summed E-state index contributed by atoms with van der Waals surface area (Å²) in [5, 5.41) is 9.48. The first-order valence-electron chi connectivity index (χ1n) is 14.5. The molecule has 0 bridgehead atoms. The Morgan fingerprint density at radius 1 is 1.20 bits per heavy atom. The second-order valence-corrected chi connectivity index (χ2v) is 12.8. The number of amides is 1. The minimum Gasteiger partial charge on any atom is -0.487 e. The first kappa shape index (κ1) is 28.7. The lowest BCUT2D eigenvalue weighted by atomic mass is 9.95. The van der Waals surface area contributed by atoms with E-state index in [1.807, 2.05) is 21.8 Å². The Balaban J connectivity index is 1.10. The van der Waals surface area contributed by atoms with Gasteiger partial charge >= 0.3 is 0 Å². The van der Waals surface area contributed by atoms with Gasteiger partial charge < -0.3 is 19.9 Å². The topological polar surface area (TPSA) is 88.4 Å². The molecule has 1 aliphatic heterocycles. The number of carbonyl (C=O) groups excluding carboxylic acids is 1. The molecule has 226 valence electrons. The smallest absolute Gasteiger partial charge is 0.244 e. The Bertz CT molecular complexity index is 1870. The van der Waals surface area contributed by atoms with Crippen molar-refractivity contribution >= 4 is 50.6 Å². The molecule has 0 saturated carbocycles. The number of hydrogen-bond acceptors (Lipinski definition) is 8. The Morgan fingerprint density at radius 2 is 2.09 bits per heavy atom. The van der Waals surface area contributed by atoms with Gasteiger partial charge in [-0.2, -0.15) is 5.10 Å². The van der Waals surface area contributed by atoms with Gasteiger partial charge in [-0.25, -0.2) is 14.4 Å². The number of likely N-dealkylation sites (N-methyl/N-ethyl adjacent to an activating group) is 1. The highest BCUT2D eigenvalue weighted by molar-refractivity contribution is 7.22. The highest BCUT2D eigenvalue weighted by atomic mass is 35.5. The molecule has 5 aromatic rings. The third kappa shape index (κ3) is 5.51. The first-order valence-corrected chi connectivity index (χ1v) is 15.7. The largest absolute Gasteiger partial charge is 0.487 e. The van der Waals surface area contributed by atoms with E-state index in [1.54, 1.807) is 41.9 Å². The molecule has 0 radical (unpaired) electrons. The van der Waals surface area contributed by atoms with E-state index in [-0.39, 0.29) is 24.9 Å². The summed E-state index contributed by atoms with van der Waals surface area (Å²) in [5.74, 6) is 1.02. The van der Waals surface area contributed by atoms with Crippen LogP contribution in [0.3, 0.4) is 0 Å². The zero-order valence-electron chi connectivity index (χ0n) is 24.4. The van der Waals surface area contributed by atoms with Gasteiger partial charge in [0.05, 0.1) is 16.6 Å². The summed E-state index contributed by atoms with van der Waals surface area (Å²) in [6, 6.07) is 12.1. The molecule has 9 nitrogen and oxygen atoms in total. The third-order valence-electron chi connectivity index (χ3n) is 8.40. The maximum absolute atomic E-state index is 13.5. The molecule has 44 heavy (non-hydrogen) atoms. The number of halogens is 2. The fourth-order valence-corrected chi connectivity index (χ4v) is 7.48. The van der Waals surface area contributed by atoms with Crippen molar-refractivity contribution in [2.24, 2.45) is 0 Å². The molecule has 2 aromatic carbocycles. The van der Waals surface area contributed by atoms with Crippen LogP contribution in [0.2, 0.25) is 5.02 Å². The van der Waals surface area contributed by atoms with E-state index < -0.39 is 0 Å². The number of anilines is 2. The van der Waals surface area contributed by atoms with E-state index in [0.717, 1.165) is 70.0 Å². The molecule has 2 aliphatic rings. The number of benzene rings is 2. The molecule has 1 unspecified atom stereocenters. The highest BCUT2D eigenvalue weighted by Gasteiger charge is 2.30. The van der Waals surface area contributed by atoms with E-state index in [0.29, 0.717) is 22.6 Å². The summed E-state index contributed by atoms with van der Waals surface area (Å²) >= 11 is 8.18. The number of aryl methyl sites for hydroxylation is 1. The van der Waals surface area contributed by atoms with Crippen LogP contribution in [0, 0.1) is 5.82 Å². The highest BCUT2D eigenvalue weighted by Crippen LogP contribution is 2.45. The number of fused-ring (bicyclic) bond motifs is 5. The van der Waals surface area contributed by atoms with Crippen molar-refractivity contribution < 1.29 is 13.9 Å². The van der Waals surface area contributed by atoms with Gasteiger partial charge in [-0.1, -0.05) is 23.7 Å². The van der Waals surface area contributed by atoms with Crippen LogP contribution in [0.1, 0.15) is 23.2 Å². The van der Waals surface area contributed by atoms with Crippen LogP contribution in [0.15, 0.2) is 55.0 Å². The number of carbonyl (C=O) groups is 1. The second kappa shape index (κ2) is 11.8. The van der Waals surface area contributed by atoms with Crippen LogP contribution in [0.4, 0.5) is 15.9 Å². The molecule has 4 heterocycles. The standard InChI is InChI=1S/C32H31ClFN7O2S/c1-39(2)22-10-11-40(15-22)28(42)16-41-26-8-7-23-29-31(35-18-36-32(29)44-30(23)24(26)14-37-41)38-21-6-9-27(25(33)13-21)43-17-19-4-3-5-20(34)12-19/h3-6,9,12-14,18,22H,7-8,10-11,15-17H2,1-2H3,(H,35,36,38). The average Bonchev–Trinajstić information content (AvgIpc) is 3.74. The predicted octanol–water partition coefficient (Wildman–Crippen LogP) is 5.93. The van der Waals surface area contributed by atoms with Crippen molar-refractivity contribution in [3.05, 3.63) is 82.6 Å². The van der Waals surface area contributed by atoms with Crippen LogP contribution in [-0.2, 0) is 30.8 Å². The maximum atomic E-state index is 13.5. The van der Waals surface area contributed by atoms with Gasteiger partial charge in [-0.15, -0.1) is 11.3 Å². The number of nitrogens with zero attached hydrogens (tertiary/aromatic N) is 6. The van der Waals surface area contributed by atoms with Crippen LogP contribution in [-0.4, -0.2) is 68.7 Å². The third-order valence-corrected chi connectivity index (χ3v) is 9.87. The van der Waals surface area contributed by atoms with E-state index in [4.69, 9.17) is 16.3 Å². The number of hydrogen-bond donors (Lipinski definition) is 1. The van der Waals surface area contributed by atoms with E-state index in [2.05, 4.69) is 39.4 Å². The van der Waals surface area contributed by atoms with Gasteiger partial charge in [0, 0.05) is 41.0 Å². The molecule has 7 rings (SSSR count). The predicted molar refractivity (Wildman–Crippen MR) is 170 cm³/mol. The molecular weight excluding hydrogens is 601 g/mol. The lowest BCUT2D eigenvalue weighted by Gasteiger charge is -2.21. The van der Waals surface area contributed by atoms with E-state index in [9.17, 15) is 9.18 Å². The molecule has 12 heteroatoms. The van der Waals surface area contributed by atoms with Gasteiger partial charge in [-0.05, 0) is 74.8 Å². The van der Waals surface area contributed by atoms with E-state index in [1.165, 1.54) is 17.7 Å². The Labute approximate surface area is 263 Å². The Hall–Kier alpha value is -4.06. The van der Waals surface area contributed by atoms with Crippen LogP contribution in [0.5, 0.6) is 5.75 Å². The zero-order valence-corrected chi connectivity index (χ0v) is 26.0. The summed E-state index contributed by atoms with van der Waals surface area (Å²) in [6.45, 7) is 2.01. The number of aromatic nitrogens is 4. The van der Waals surface area contributed by atoms with Gasteiger partial charge in [-0.3, -0.25) is 9.48 Å². The van der Waals surface area contributed by atoms with Gasteiger partial charge in [0.2, 0.25) is 5.91 Å². The van der Waals surface area contributed by atoms with Gasteiger partial charge in [0.15, 0.2) is 0 Å². The molecule has 1 aliphatic carbocycles. The van der Waals surface area contributed by atoms with Gasteiger partial charge in [0.1, 0.15) is 41.7 Å². The molecule has 1 fully saturated rings. The van der Waals surface area contributed by atoms with Crippen molar-refractivity contribution in [2.75, 3.05) is 32.5 Å². The molecule has 0 spiro atoms. The van der Waals surface area contributed by atoms with Crippen LogP contribution in [0.25, 0.3) is 20.7 Å². The molecule has 1 N–H and O–H groups in total. The number of nitrogens with one attached hydrogen (secondary N) is 1. The minimum absolute atomic E-state index is 0.115. The molecular formula is C32H31ClFN7O2S. The number of thiophene rings is 1. The zero-order chi connectivity index (χ0) is 30.4. The van der Waals surface area contributed by atoms with Crippen molar-refractivity contribution in [1.29, 1.82) is 0 Å². The van der Waals surface area contributed by atoms with Crippen molar-refractivity contribution in [1.82, 2.24) is 29.5 Å². The van der Waals surface area contributed by atoms with Crippen molar-refractivity contribution in [2.45, 2.75) is 38.5 Å². The number of rotatable bonds is 8. The summed E-state index contributed by atoms with van der Waals surface area (Å²) < 4.78 is 21.2. The minimum atomic E-state index is -0.306. The SMILES string of the molecule is CN(C)C1CCN(C(=O)Cn2ncc3c2CCc2c-3sc3ncnc(Nc4ccc(OCc5cccc(F)c5)c(Cl)c4)c23)C1. The van der Waals surface area contributed by atoms with E-state index >= 15 is 0 Å². The lowest BCUT2D eigenvalue weighted by molar-refractivity contribution is -0.131. The number of ether oxygens (including phenoxy) is 1. The summed E-state index contributed by atoms with van der Waals surface area (Å²) in [6.07, 6.45) is 6.01. The second-order valence-electron chi connectivity index (χ2n) is 11.4. The molecule has 1 amide bonds. The fourth-order valence-electron chi connectivity index (χ4n) is 6.02. The molecule has 3 aromatic heterocycles. The Morgan fingerprint density at radius 3 is 2.89 bits per heavy atom. The summed E-state index contributed by atoms with van der Waals surface area (Å²) in [7, 11) is 4.13. The van der Waals surface area contributed by atoms with Crippen LogP contribution < -0.4 is 10.1 Å². The molecule has 1 atom stereocenters. The quantitative estimate of drug-likeness (QED) is 0.227. The number of likely N-dealkylation sites (tertiary alicyclic amines) is 1. The molecule has 1 saturated heterocycles. The van der Waals surface area contributed by atoms with Crippen molar-refractivity contribution in [3.8, 4) is 16.2 Å². The lowest BCUT2D eigenvalue weighted by Crippen LogP contribution is -2.36. The van der Waals surface area contributed by atoms with Crippen LogP contribution >= 0.6 is 22.9 Å². The summed E-state index contributed by atoms with van der Waals surface area (Å²) in [5.41, 5.74) is 4.81. The van der Waals surface area contributed by atoms with Gasteiger partial charge in [0.25, 0.3) is 0 Å². The Kier molecular flexibility index (Phi) is 7.69. The summed E-state index contributed by atoms with van der Waals surface area (Å²) in [4.78, 5) is 28.4. The maximum Gasteiger partial charge on any atom is 0.244 e. The monoisotopic (exact) mass is 631 g/mol. The van der Waals surface area contributed by atoms with Crippen molar-refractivity contribution in [3.63, 3.8) is 0 Å². The first-order chi connectivity index (χ1) is 21.3.